The van der Waals surface area contributed by atoms with Gasteiger partial charge in [0.1, 0.15) is 0 Å². The number of thiophene rings is 1. The van der Waals surface area contributed by atoms with Crippen LogP contribution in [0.15, 0.2) is 35.5 Å². The number of amides is 1. The minimum Gasteiger partial charge on any atom is -0.325 e. The molecule has 152 valence electrons. The van der Waals surface area contributed by atoms with E-state index in [1.165, 1.54) is 52.8 Å². The molecule has 0 saturated carbocycles. The fraction of sp³-hybridized carbons (Fsp3) is 0.409. The number of para-hydroxylation sites is 1. The average molecular weight is 427 g/mol. The number of rotatable bonds is 6. The van der Waals surface area contributed by atoms with Crippen molar-refractivity contribution in [2.75, 3.05) is 11.1 Å². The molecule has 2 heterocycles. The maximum absolute atomic E-state index is 12.3. The number of fused-ring (bicyclic) bond motifs is 1. The molecule has 5 nitrogen and oxygen atoms in total. The maximum Gasteiger partial charge on any atom is 0.234 e. The smallest absolute Gasteiger partial charge is 0.234 e. The van der Waals surface area contributed by atoms with Crippen LogP contribution in [0.2, 0.25) is 0 Å². The van der Waals surface area contributed by atoms with Crippen LogP contribution in [0.3, 0.4) is 0 Å². The number of carbonyl (C=O) groups excluding carboxylic acids is 1. The molecular weight excluding hydrogens is 400 g/mol. The number of aryl methyl sites for hydroxylation is 2. The number of nitrogens with one attached hydrogen (secondary N) is 1. The third-order valence-corrected chi connectivity index (χ3v) is 7.82. The van der Waals surface area contributed by atoms with E-state index in [0.717, 1.165) is 28.1 Å². The Morgan fingerprint density at radius 1 is 1.34 bits per heavy atom. The van der Waals surface area contributed by atoms with Crippen molar-refractivity contribution in [3.63, 3.8) is 0 Å². The number of hydrogen-bond donors (Lipinski definition) is 1. The van der Waals surface area contributed by atoms with Crippen LogP contribution >= 0.6 is 23.1 Å². The molecule has 1 atom stereocenters. The molecule has 4 rings (SSSR count). The summed E-state index contributed by atoms with van der Waals surface area (Å²) in [4.78, 5) is 15.0. The topological polar surface area (TPSA) is 59.8 Å². The van der Waals surface area contributed by atoms with Crippen molar-refractivity contribution in [1.29, 1.82) is 0 Å². The molecular formula is C22H26N4OS2. The summed E-state index contributed by atoms with van der Waals surface area (Å²) in [5.41, 5.74) is 3.39. The van der Waals surface area contributed by atoms with Gasteiger partial charge in [0.25, 0.3) is 0 Å². The first-order valence-electron chi connectivity index (χ1n) is 10.0. The highest BCUT2D eigenvalue weighted by Gasteiger charge is 2.22. The minimum atomic E-state index is -0.0361. The Morgan fingerprint density at radius 2 is 2.17 bits per heavy atom. The molecule has 1 unspecified atom stereocenters. The summed E-state index contributed by atoms with van der Waals surface area (Å²) in [6, 6.07) is 10.1. The maximum atomic E-state index is 12.3. The van der Waals surface area contributed by atoms with Crippen molar-refractivity contribution < 1.29 is 4.79 Å². The lowest BCUT2D eigenvalue weighted by molar-refractivity contribution is -0.113. The second kappa shape index (κ2) is 8.71. The second-order valence-corrected chi connectivity index (χ2v) is 9.67. The summed E-state index contributed by atoms with van der Waals surface area (Å²) >= 11 is 3.26. The predicted molar refractivity (Wildman–Crippen MR) is 121 cm³/mol. The second-order valence-electron chi connectivity index (χ2n) is 7.59. The molecule has 0 saturated heterocycles. The van der Waals surface area contributed by atoms with Crippen molar-refractivity contribution in [3.8, 4) is 10.7 Å². The molecule has 7 heteroatoms. The monoisotopic (exact) mass is 426 g/mol. The van der Waals surface area contributed by atoms with Gasteiger partial charge in [0.05, 0.1) is 10.6 Å². The third-order valence-electron chi connectivity index (χ3n) is 5.57. The molecule has 1 N–H and O–H groups in total. The fourth-order valence-corrected chi connectivity index (χ4v) is 5.68. The molecule has 0 fully saturated rings. The Hall–Kier alpha value is -2.12. The van der Waals surface area contributed by atoms with Crippen LogP contribution in [0.5, 0.6) is 0 Å². The van der Waals surface area contributed by atoms with E-state index >= 15 is 0 Å². The highest BCUT2D eigenvalue weighted by molar-refractivity contribution is 7.99. The number of anilines is 1. The normalized spacial score (nSPS) is 15.9. The van der Waals surface area contributed by atoms with Crippen LogP contribution in [0.4, 0.5) is 5.69 Å². The van der Waals surface area contributed by atoms with E-state index in [1.807, 2.05) is 54.1 Å². The van der Waals surface area contributed by atoms with Crippen LogP contribution in [0.1, 0.15) is 35.8 Å². The van der Waals surface area contributed by atoms with E-state index < -0.39 is 0 Å². The zero-order chi connectivity index (χ0) is 20.4. The molecule has 0 aliphatic heterocycles. The SMILES string of the molecule is CCC1CCc2sc(-c3nnc(SCC(=O)Nc4ccccc4C)n3C)cc2C1. The lowest BCUT2D eigenvalue weighted by Gasteiger charge is -2.19. The summed E-state index contributed by atoms with van der Waals surface area (Å²) in [6.45, 7) is 4.27. The first-order chi connectivity index (χ1) is 14.0. The van der Waals surface area contributed by atoms with Crippen LogP contribution < -0.4 is 5.32 Å². The van der Waals surface area contributed by atoms with E-state index in [0.29, 0.717) is 5.75 Å². The molecule has 2 aromatic heterocycles. The van der Waals surface area contributed by atoms with E-state index in [1.54, 1.807) is 0 Å². The lowest BCUT2D eigenvalue weighted by Crippen LogP contribution is -2.15. The number of hydrogen-bond acceptors (Lipinski definition) is 5. The quantitative estimate of drug-likeness (QED) is 0.557. The summed E-state index contributed by atoms with van der Waals surface area (Å²) < 4.78 is 2.00. The zero-order valence-corrected chi connectivity index (χ0v) is 18.7. The summed E-state index contributed by atoms with van der Waals surface area (Å²) in [6.07, 6.45) is 4.90. The van der Waals surface area contributed by atoms with Gasteiger partial charge in [-0.15, -0.1) is 21.5 Å². The highest BCUT2D eigenvalue weighted by Crippen LogP contribution is 2.38. The van der Waals surface area contributed by atoms with Gasteiger partial charge in [0.2, 0.25) is 5.91 Å². The lowest BCUT2D eigenvalue weighted by atomic mass is 9.87. The van der Waals surface area contributed by atoms with Crippen molar-refractivity contribution in [1.82, 2.24) is 14.8 Å². The van der Waals surface area contributed by atoms with Crippen LogP contribution in [-0.2, 0) is 24.7 Å². The standard InChI is InChI=1S/C22H26N4OS2/c1-4-15-9-10-18-16(11-15)12-19(29-18)21-24-25-22(26(21)3)28-13-20(27)23-17-8-6-5-7-14(17)2/h5-8,12,15H,4,9-11,13H2,1-3H3,(H,23,27). The molecule has 1 aromatic carbocycles. The molecule has 1 aliphatic rings. The Balaban J connectivity index is 1.42. The van der Waals surface area contributed by atoms with E-state index in [-0.39, 0.29) is 5.91 Å². The molecule has 0 bridgehead atoms. The van der Waals surface area contributed by atoms with Gasteiger partial charge in [0, 0.05) is 17.6 Å². The number of carbonyl (C=O) groups is 1. The van der Waals surface area contributed by atoms with Crippen molar-refractivity contribution in [2.45, 2.75) is 44.7 Å². The molecule has 1 amide bonds. The first-order valence-corrected chi connectivity index (χ1v) is 11.8. The molecule has 0 radical (unpaired) electrons. The molecule has 0 spiro atoms. The van der Waals surface area contributed by atoms with Crippen LogP contribution in [-0.4, -0.2) is 26.4 Å². The highest BCUT2D eigenvalue weighted by atomic mass is 32.2. The van der Waals surface area contributed by atoms with Gasteiger partial charge in [-0.1, -0.05) is 43.3 Å². The largest absolute Gasteiger partial charge is 0.325 e. The molecule has 3 aromatic rings. The van der Waals surface area contributed by atoms with Crippen LogP contribution in [0, 0.1) is 12.8 Å². The average Bonchev–Trinajstić information content (AvgIpc) is 3.30. The number of aromatic nitrogens is 3. The number of benzene rings is 1. The van der Waals surface area contributed by atoms with E-state index in [4.69, 9.17) is 0 Å². The Kier molecular flexibility index (Phi) is 6.06. The van der Waals surface area contributed by atoms with Gasteiger partial charge in [-0.3, -0.25) is 4.79 Å². The Bertz CT molecular complexity index is 1020. The Morgan fingerprint density at radius 3 is 2.97 bits per heavy atom. The third kappa shape index (κ3) is 4.41. The van der Waals surface area contributed by atoms with Crippen molar-refractivity contribution in [3.05, 3.63) is 46.3 Å². The fourth-order valence-electron chi connectivity index (χ4n) is 3.74. The van der Waals surface area contributed by atoms with Gasteiger partial charge in [0.15, 0.2) is 11.0 Å². The zero-order valence-electron chi connectivity index (χ0n) is 17.1. The summed E-state index contributed by atoms with van der Waals surface area (Å²) in [7, 11) is 1.98. The van der Waals surface area contributed by atoms with E-state index in [2.05, 4.69) is 28.5 Å². The Labute approximate surface area is 179 Å². The summed E-state index contributed by atoms with van der Waals surface area (Å²) in [5, 5.41) is 12.5. The van der Waals surface area contributed by atoms with Crippen LogP contribution in [0.25, 0.3) is 10.7 Å². The van der Waals surface area contributed by atoms with Gasteiger partial charge < -0.3 is 9.88 Å². The van der Waals surface area contributed by atoms with Crippen molar-refractivity contribution >= 4 is 34.7 Å². The molecule has 29 heavy (non-hydrogen) atoms. The predicted octanol–water partition coefficient (Wildman–Crippen LogP) is 5.10. The first kappa shape index (κ1) is 20.2. The van der Waals surface area contributed by atoms with E-state index in [9.17, 15) is 4.79 Å². The number of thioether (sulfide) groups is 1. The van der Waals surface area contributed by atoms with Crippen molar-refractivity contribution in [2.24, 2.45) is 13.0 Å². The minimum absolute atomic E-state index is 0.0361. The van der Waals surface area contributed by atoms with Gasteiger partial charge in [-0.05, 0) is 55.4 Å². The van der Waals surface area contributed by atoms with Gasteiger partial charge in [-0.2, -0.15) is 0 Å². The molecule has 1 aliphatic carbocycles. The van der Waals surface area contributed by atoms with Gasteiger partial charge in [-0.25, -0.2) is 0 Å². The van der Waals surface area contributed by atoms with Gasteiger partial charge >= 0.3 is 0 Å². The summed E-state index contributed by atoms with van der Waals surface area (Å²) in [5.74, 6) is 1.96. The number of nitrogens with zero attached hydrogens (tertiary/aromatic N) is 3.